The van der Waals surface area contributed by atoms with Crippen LogP contribution in [0.5, 0.6) is 0 Å². The van der Waals surface area contributed by atoms with Crippen LogP contribution in [0.4, 0.5) is 0 Å². The molecule has 4 nitrogen and oxygen atoms in total. The minimum Gasteiger partial charge on any atom is -0.469 e. The Balaban J connectivity index is 1.73. The van der Waals surface area contributed by atoms with Crippen molar-refractivity contribution >= 4 is 5.91 Å². The number of rotatable bonds is 2. The van der Waals surface area contributed by atoms with Crippen molar-refractivity contribution in [1.29, 1.82) is 0 Å². The number of hydrogen-bond acceptors (Lipinski definition) is 3. The summed E-state index contributed by atoms with van der Waals surface area (Å²) in [7, 11) is 1.92. The second-order valence-corrected chi connectivity index (χ2v) is 5.57. The molecular weight excluding hydrogens is 228 g/mol. The molecule has 18 heavy (non-hydrogen) atoms. The van der Waals surface area contributed by atoms with Gasteiger partial charge in [-0.25, -0.2) is 0 Å². The molecule has 3 heterocycles. The molecule has 0 spiro atoms. The molecule has 2 aliphatic rings. The minimum atomic E-state index is 0.0903. The molecule has 2 atom stereocenters. The highest BCUT2D eigenvalue weighted by atomic mass is 16.3. The first-order valence-corrected chi connectivity index (χ1v) is 6.72. The first-order valence-electron chi connectivity index (χ1n) is 6.72. The number of carbonyl (C=O) groups excluding carboxylic acids is 1. The Kier molecular flexibility index (Phi) is 2.90. The predicted molar refractivity (Wildman–Crippen MR) is 68.5 cm³/mol. The summed E-state index contributed by atoms with van der Waals surface area (Å²) in [4.78, 5) is 14.3. The van der Waals surface area contributed by atoms with Crippen molar-refractivity contribution in [3.8, 4) is 0 Å². The van der Waals surface area contributed by atoms with Gasteiger partial charge in [-0.3, -0.25) is 4.79 Å². The van der Waals surface area contributed by atoms with Crippen molar-refractivity contribution in [2.45, 2.75) is 50.7 Å². The average molecular weight is 248 g/mol. The molecule has 1 aromatic heterocycles. The molecular formula is C14H20N2O2. The largest absolute Gasteiger partial charge is 0.469 e. The highest BCUT2D eigenvalue weighted by molar-refractivity contribution is 5.95. The topological polar surface area (TPSA) is 45.5 Å². The molecule has 0 aliphatic carbocycles. The Bertz CT molecular complexity index is 442. The van der Waals surface area contributed by atoms with Crippen molar-refractivity contribution in [2.24, 2.45) is 0 Å². The zero-order valence-corrected chi connectivity index (χ0v) is 11.0. The molecule has 2 unspecified atom stereocenters. The van der Waals surface area contributed by atoms with Crippen LogP contribution in [0.3, 0.4) is 0 Å². The zero-order valence-electron chi connectivity index (χ0n) is 11.0. The van der Waals surface area contributed by atoms with Gasteiger partial charge in [0.2, 0.25) is 0 Å². The Morgan fingerprint density at radius 3 is 2.61 bits per heavy atom. The molecule has 1 aromatic rings. The third-order valence-corrected chi connectivity index (χ3v) is 4.41. The van der Waals surface area contributed by atoms with Crippen LogP contribution in [-0.4, -0.2) is 36.0 Å². The summed E-state index contributed by atoms with van der Waals surface area (Å²) in [5, 5.41) is 3.60. The number of amides is 1. The molecule has 0 saturated carbocycles. The Labute approximate surface area is 107 Å². The lowest BCUT2D eigenvalue weighted by Gasteiger charge is -2.35. The maximum absolute atomic E-state index is 12.4. The zero-order chi connectivity index (χ0) is 12.7. The molecule has 1 N–H and O–H groups in total. The van der Waals surface area contributed by atoms with E-state index in [1.165, 1.54) is 12.8 Å². The number of piperidine rings is 1. The highest BCUT2D eigenvalue weighted by Gasteiger charge is 2.36. The maximum Gasteiger partial charge on any atom is 0.257 e. The van der Waals surface area contributed by atoms with E-state index in [2.05, 4.69) is 5.32 Å². The van der Waals surface area contributed by atoms with Crippen LogP contribution in [0.15, 0.2) is 16.7 Å². The fourth-order valence-corrected chi connectivity index (χ4v) is 3.31. The lowest BCUT2D eigenvalue weighted by Crippen LogP contribution is -2.48. The summed E-state index contributed by atoms with van der Waals surface area (Å²) in [6, 6.07) is 3.35. The van der Waals surface area contributed by atoms with Crippen LogP contribution >= 0.6 is 0 Å². The number of aryl methyl sites for hydroxylation is 1. The Morgan fingerprint density at radius 1 is 1.39 bits per heavy atom. The van der Waals surface area contributed by atoms with Crippen molar-refractivity contribution in [3.63, 3.8) is 0 Å². The normalized spacial score (nSPS) is 30.4. The Hall–Kier alpha value is -1.29. The lowest BCUT2D eigenvalue weighted by molar-refractivity contribution is 0.0680. The van der Waals surface area contributed by atoms with Crippen LogP contribution in [-0.2, 0) is 0 Å². The molecule has 2 saturated heterocycles. The van der Waals surface area contributed by atoms with E-state index in [1.54, 1.807) is 12.3 Å². The van der Waals surface area contributed by atoms with Crippen molar-refractivity contribution in [1.82, 2.24) is 10.2 Å². The van der Waals surface area contributed by atoms with E-state index in [0.29, 0.717) is 29.4 Å². The fourth-order valence-electron chi connectivity index (χ4n) is 3.31. The van der Waals surface area contributed by atoms with Gasteiger partial charge in [0.15, 0.2) is 0 Å². The lowest BCUT2D eigenvalue weighted by atomic mass is 9.98. The summed E-state index contributed by atoms with van der Waals surface area (Å²) in [6.07, 6.45) is 6.26. The number of nitrogens with one attached hydrogen (secondary N) is 1. The molecule has 1 amide bonds. The number of fused-ring (bicyclic) bond motifs is 2. The van der Waals surface area contributed by atoms with E-state index in [1.807, 2.05) is 18.9 Å². The molecule has 3 rings (SSSR count). The van der Waals surface area contributed by atoms with Crippen molar-refractivity contribution in [3.05, 3.63) is 23.7 Å². The fraction of sp³-hybridized carbons (Fsp3) is 0.643. The van der Waals surface area contributed by atoms with Gasteiger partial charge in [-0.2, -0.15) is 0 Å². The summed E-state index contributed by atoms with van der Waals surface area (Å²) < 4.78 is 5.22. The summed E-state index contributed by atoms with van der Waals surface area (Å²) in [5.41, 5.74) is 0.698. The smallest absolute Gasteiger partial charge is 0.257 e. The summed E-state index contributed by atoms with van der Waals surface area (Å²) in [5.74, 6) is 0.802. The van der Waals surface area contributed by atoms with Crippen molar-refractivity contribution < 1.29 is 9.21 Å². The monoisotopic (exact) mass is 248 g/mol. The first-order chi connectivity index (χ1) is 8.65. The second kappa shape index (κ2) is 4.43. The maximum atomic E-state index is 12.4. The van der Waals surface area contributed by atoms with Crippen LogP contribution in [0.2, 0.25) is 0 Å². The van der Waals surface area contributed by atoms with Gasteiger partial charge in [-0.1, -0.05) is 0 Å². The van der Waals surface area contributed by atoms with Gasteiger partial charge in [0.05, 0.1) is 11.8 Å². The number of furan rings is 1. The highest BCUT2D eigenvalue weighted by Crippen LogP contribution is 2.30. The summed E-state index contributed by atoms with van der Waals surface area (Å²) in [6.45, 7) is 1.84. The van der Waals surface area contributed by atoms with Gasteiger partial charge in [-0.15, -0.1) is 0 Å². The third kappa shape index (κ3) is 1.94. The SMILES string of the molecule is Cc1occc1C(=O)N(C)C1CC2CCC(C1)N2. The molecule has 2 bridgehead atoms. The van der Waals surface area contributed by atoms with Gasteiger partial charge < -0.3 is 14.6 Å². The van der Waals surface area contributed by atoms with Crippen LogP contribution in [0.1, 0.15) is 41.8 Å². The van der Waals surface area contributed by atoms with Gasteiger partial charge >= 0.3 is 0 Å². The van der Waals surface area contributed by atoms with E-state index in [9.17, 15) is 4.79 Å². The van der Waals surface area contributed by atoms with Crippen molar-refractivity contribution in [2.75, 3.05) is 7.05 Å². The molecule has 4 heteroatoms. The molecule has 0 aromatic carbocycles. The first kappa shape index (κ1) is 11.8. The number of hydrogen-bond donors (Lipinski definition) is 1. The third-order valence-electron chi connectivity index (χ3n) is 4.41. The van der Waals surface area contributed by atoms with E-state index in [4.69, 9.17) is 4.42 Å². The predicted octanol–water partition coefficient (Wildman–Crippen LogP) is 1.94. The Morgan fingerprint density at radius 2 is 2.06 bits per heavy atom. The molecule has 0 radical (unpaired) electrons. The van der Waals surface area contributed by atoms with E-state index >= 15 is 0 Å². The molecule has 2 fully saturated rings. The van der Waals surface area contributed by atoms with E-state index in [0.717, 1.165) is 12.8 Å². The second-order valence-electron chi connectivity index (χ2n) is 5.57. The van der Waals surface area contributed by atoms with Gasteiger partial charge in [0.25, 0.3) is 5.91 Å². The van der Waals surface area contributed by atoms with Gasteiger partial charge in [0.1, 0.15) is 5.76 Å². The van der Waals surface area contributed by atoms with E-state index in [-0.39, 0.29) is 5.91 Å². The number of nitrogens with zero attached hydrogens (tertiary/aromatic N) is 1. The minimum absolute atomic E-state index is 0.0903. The average Bonchev–Trinajstić information content (AvgIpc) is 2.93. The van der Waals surface area contributed by atoms with Gasteiger partial charge in [0, 0.05) is 25.2 Å². The van der Waals surface area contributed by atoms with Crippen LogP contribution < -0.4 is 5.32 Å². The van der Waals surface area contributed by atoms with E-state index < -0.39 is 0 Å². The summed E-state index contributed by atoms with van der Waals surface area (Å²) >= 11 is 0. The quantitative estimate of drug-likeness (QED) is 0.870. The standard InChI is InChI=1S/C14H20N2O2/c1-9-13(5-6-18-9)14(17)16(2)12-7-10-3-4-11(8-12)15-10/h5-6,10-12,15H,3-4,7-8H2,1-2H3. The van der Waals surface area contributed by atoms with Gasteiger partial charge in [-0.05, 0) is 38.7 Å². The van der Waals surface area contributed by atoms with Crippen LogP contribution in [0.25, 0.3) is 0 Å². The number of carbonyl (C=O) groups is 1. The molecule has 98 valence electrons. The molecule has 2 aliphatic heterocycles. The van der Waals surface area contributed by atoms with Crippen LogP contribution in [0, 0.1) is 6.92 Å².